The molecule has 0 aliphatic heterocycles. The molecule has 2 N–H and O–H groups in total. The van der Waals surface area contributed by atoms with E-state index in [-0.39, 0.29) is 0 Å². The highest BCUT2D eigenvalue weighted by Gasteiger charge is 2.36. The highest BCUT2D eigenvalue weighted by atomic mass is 35.6. The summed E-state index contributed by atoms with van der Waals surface area (Å²) in [4.78, 5) is 12.6. The number of amides is 2. The van der Waals surface area contributed by atoms with Crippen LogP contribution in [0, 0.1) is 0 Å². The molecule has 1 aromatic rings. The molecule has 4 nitrogen and oxygen atoms in total. The molecule has 0 saturated heterocycles. The Bertz CT molecular complexity index is 436. The number of hydrogen-bond donors (Lipinski definition) is 2. The van der Waals surface area contributed by atoms with E-state index in [9.17, 15) is 9.90 Å². The number of urea groups is 1. The van der Waals surface area contributed by atoms with Crippen molar-refractivity contribution in [3.63, 3.8) is 0 Å². The first-order valence-corrected chi connectivity index (χ1v) is 6.27. The number of carbonyl (C=O) groups excluding carboxylic acids is 1. The second-order valence-electron chi connectivity index (χ2n) is 3.47. The zero-order chi connectivity index (χ0) is 13.9. The van der Waals surface area contributed by atoms with E-state index < -0.39 is 16.1 Å². The predicted molar refractivity (Wildman–Crippen MR) is 74.5 cm³/mol. The summed E-state index contributed by atoms with van der Waals surface area (Å²) in [6.45, 7) is 0. The van der Waals surface area contributed by atoms with Crippen molar-refractivity contribution in [2.24, 2.45) is 0 Å². The lowest BCUT2D eigenvalue weighted by molar-refractivity contribution is 0.0547. The Morgan fingerprint density at radius 1 is 1.44 bits per heavy atom. The lowest BCUT2D eigenvalue weighted by Crippen LogP contribution is -2.46. The van der Waals surface area contributed by atoms with Gasteiger partial charge in [0.1, 0.15) is 0 Å². The number of rotatable bonds is 2. The molecular weight excluding hydrogens is 322 g/mol. The number of aliphatic hydroxyl groups excluding tert-OH is 1. The van der Waals surface area contributed by atoms with Gasteiger partial charge in [0.2, 0.25) is 3.79 Å². The molecule has 0 saturated carbocycles. The van der Waals surface area contributed by atoms with E-state index in [4.69, 9.17) is 46.4 Å². The van der Waals surface area contributed by atoms with E-state index >= 15 is 0 Å². The van der Waals surface area contributed by atoms with Gasteiger partial charge < -0.3 is 10.4 Å². The predicted octanol–water partition coefficient (Wildman–Crippen LogP) is 3.49. The van der Waals surface area contributed by atoms with Crippen LogP contribution in [-0.2, 0) is 0 Å². The molecule has 1 atom stereocenters. The summed E-state index contributed by atoms with van der Waals surface area (Å²) >= 11 is 22.2. The Morgan fingerprint density at radius 2 is 2.06 bits per heavy atom. The third-order valence-corrected chi connectivity index (χ3v) is 2.88. The molecule has 0 aliphatic rings. The number of anilines is 1. The minimum atomic E-state index is -1.99. The molecule has 1 aromatic carbocycles. The van der Waals surface area contributed by atoms with Crippen LogP contribution in [0.25, 0.3) is 0 Å². The van der Waals surface area contributed by atoms with Crippen molar-refractivity contribution >= 4 is 58.1 Å². The van der Waals surface area contributed by atoms with Crippen LogP contribution in [0.15, 0.2) is 24.3 Å². The molecule has 100 valence electrons. The van der Waals surface area contributed by atoms with Gasteiger partial charge in [-0.3, -0.25) is 4.90 Å². The number of halogens is 4. The number of nitrogens with one attached hydrogen (secondary N) is 1. The van der Waals surface area contributed by atoms with Gasteiger partial charge in [-0.25, -0.2) is 4.79 Å². The van der Waals surface area contributed by atoms with Gasteiger partial charge in [0, 0.05) is 17.8 Å². The normalized spacial score (nSPS) is 13.0. The number of alkyl halides is 3. The van der Waals surface area contributed by atoms with E-state index in [0.717, 1.165) is 4.90 Å². The Labute approximate surface area is 124 Å². The first-order chi connectivity index (χ1) is 8.21. The lowest BCUT2D eigenvalue weighted by Gasteiger charge is -2.28. The summed E-state index contributed by atoms with van der Waals surface area (Å²) < 4.78 is -1.99. The fourth-order valence-electron chi connectivity index (χ4n) is 1.11. The summed E-state index contributed by atoms with van der Waals surface area (Å²) in [5, 5.41) is 12.6. The molecule has 0 spiro atoms. The van der Waals surface area contributed by atoms with Crippen LogP contribution in [0.2, 0.25) is 5.02 Å². The summed E-state index contributed by atoms with van der Waals surface area (Å²) in [6, 6.07) is 5.89. The Kier molecular flexibility index (Phi) is 5.37. The van der Waals surface area contributed by atoms with Crippen molar-refractivity contribution in [1.29, 1.82) is 0 Å². The van der Waals surface area contributed by atoms with Gasteiger partial charge in [-0.2, -0.15) is 0 Å². The standard InChI is InChI=1S/C10H10Cl4N2O2/c1-16(8(17)10(12,13)14)9(18)15-7-4-2-3-6(11)5-7/h2-5,8,17H,1H3,(H,15,18). The summed E-state index contributed by atoms with van der Waals surface area (Å²) in [6.07, 6.45) is -1.57. The molecule has 2 amide bonds. The van der Waals surface area contributed by atoms with Crippen molar-refractivity contribution in [2.45, 2.75) is 10.0 Å². The van der Waals surface area contributed by atoms with E-state index in [1.165, 1.54) is 7.05 Å². The monoisotopic (exact) mass is 330 g/mol. The number of hydrogen-bond acceptors (Lipinski definition) is 2. The fraction of sp³-hybridized carbons (Fsp3) is 0.300. The summed E-state index contributed by atoms with van der Waals surface area (Å²) in [5.41, 5.74) is 0.468. The maximum absolute atomic E-state index is 11.7. The molecule has 8 heteroatoms. The maximum Gasteiger partial charge on any atom is 0.323 e. The third-order valence-electron chi connectivity index (χ3n) is 2.06. The number of aliphatic hydroxyl groups is 1. The Balaban J connectivity index is 2.71. The minimum Gasteiger partial charge on any atom is -0.369 e. The molecule has 18 heavy (non-hydrogen) atoms. The molecule has 0 heterocycles. The highest BCUT2D eigenvalue weighted by molar-refractivity contribution is 6.68. The van der Waals surface area contributed by atoms with Crippen LogP contribution in [0.4, 0.5) is 10.5 Å². The smallest absolute Gasteiger partial charge is 0.323 e. The molecular formula is C10H10Cl4N2O2. The van der Waals surface area contributed by atoms with Gasteiger partial charge in [0.25, 0.3) is 0 Å². The van der Waals surface area contributed by atoms with Crippen LogP contribution < -0.4 is 5.32 Å². The number of carbonyl (C=O) groups is 1. The van der Waals surface area contributed by atoms with Gasteiger partial charge in [0.15, 0.2) is 6.23 Å². The first kappa shape index (κ1) is 15.7. The molecule has 0 radical (unpaired) electrons. The average Bonchev–Trinajstić information content (AvgIpc) is 2.25. The molecule has 0 fully saturated rings. The quantitative estimate of drug-likeness (QED) is 0.643. The summed E-state index contributed by atoms with van der Waals surface area (Å²) in [7, 11) is 1.30. The van der Waals surface area contributed by atoms with E-state index in [1.807, 2.05) is 0 Å². The highest BCUT2D eigenvalue weighted by Crippen LogP contribution is 2.31. The van der Waals surface area contributed by atoms with Crippen LogP contribution in [0.1, 0.15) is 0 Å². The van der Waals surface area contributed by atoms with Crippen LogP contribution in [0.5, 0.6) is 0 Å². The zero-order valence-corrected chi connectivity index (χ0v) is 12.2. The first-order valence-electron chi connectivity index (χ1n) is 4.76. The van der Waals surface area contributed by atoms with Crippen molar-refractivity contribution in [2.75, 3.05) is 12.4 Å². The Morgan fingerprint density at radius 3 is 2.56 bits per heavy atom. The second kappa shape index (κ2) is 6.17. The maximum atomic E-state index is 11.7. The largest absolute Gasteiger partial charge is 0.369 e. The summed E-state index contributed by atoms with van der Waals surface area (Å²) in [5.74, 6) is 0. The lowest BCUT2D eigenvalue weighted by atomic mass is 10.3. The van der Waals surface area contributed by atoms with E-state index in [2.05, 4.69) is 5.32 Å². The minimum absolute atomic E-state index is 0.468. The van der Waals surface area contributed by atoms with E-state index in [1.54, 1.807) is 24.3 Å². The molecule has 0 aliphatic carbocycles. The molecule has 1 unspecified atom stereocenters. The zero-order valence-electron chi connectivity index (χ0n) is 9.20. The number of benzene rings is 1. The van der Waals surface area contributed by atoms with Gasteiger partial charge in [-0.15, -0.1) is 0 Å². The van der Waals surface area contributed by atoms with Crippen LogP contribution >= 0.6 is 46.4 Å². The second-order valence-corrected chi connectivity index (χ2v) is 6.27. The molecule has 0 bridgehead atoms. The molecule has 0 aromatic heterocycles. The van der Waals surface area contributed by atoms with Crippen LogP contribution in [-0.4, -0.2) is 33.1 Å². The topological polar surface area (TPSA) is 52.6 Å². The van der Waals surface area contributed by atoms with Gasteiger partial charge in [-0.1, -0.05) is 52.5 Å². The number of nitrogens with zero attached hydrogens (tertiary/aromatic N) is 1. The van der Waals surface area contributed by atoms with Crippen molar-refractivity contribution in [3.05, 3.63) is 29.3 Å². The fourth-order valence-corrected chi connectivity index (χ4v) is 1.74. The van der Waals surface area contributed by atoms with Gasteiger partial charge in [-0.05, 0) is 18.2 Å². The van der Waals surface area contributed by atoms with E-state index in [0.29, 0.717) is 10.7 Å². The third kappa shape index (κ3) is 4.37. The Hall–Kier alpha value is -0.390. The van der Waals surface area contributed by atoms with Crippen molar-refractivity contribution in [1.82, 2.24) is 4.90 Å². The molecule has 1 rings (SSSR count). The van der Waals surface area contributed by atoms with Crippen LogP contribution in [0.3, 0.4) is 0 Å². The van der Waals surface area contributed by atoms with Gasteiger partial charge >= 0.3 is 6.03 Å². The van der Waals surface area contributed by atoms with Crippen molar-refractivity contribution < 1.29 is 9.90 Å². The average molecular weight is 332 g/mol. The van der Waals surface area contributed by atoms with Crippen molar-refractivity contribution in [3.8, 4) is 0 Å². The van der Waals surface area contributed by atoms with Gasteiger partial charge in [0.05, 0.1) is 0 Å². The SMILES string of the molecule is CN(C(=O)Nc1cccc(Cl)c1)C(O)C(Cl)(Cl)Cl.